The zero-order valence-electron chi connectivity index (χ0n) is 16.5. The molecule has 0 bridgehead atoms. The Morgan fingerprint density at radius 1 is 1.03 bits per heavy atom. The highest BCUT2D eigenvalue weighted by atomic mass is 32.2. The minimum atomic E-state index is 0.800. The van der Waals surface area contributed by atoms with Gasteiger partial charge in [0.15, 0.2) is 0 Å². The summed E-state index contributed by atoms with van der Waals surface area (Å²) in [7, 11) is 1.66. The van der Waals surface area contributed by atoms with E-state index in [1.165, 1.54) is 21.7 Å². The van der Waals surface area contributed by atoms with Crippen molar-refractivity contribution >= 4 is 23.7 Å². The van der Waals surface area contributed by atoms with Gasteiger partial charge in [-0.1, -0.05) is 60.3 Å². The van der Waals surface area contributed by atoms with Crippen LogP contribution in [0.2, 0.25) is 0 Å². The molecule has 0 radical (unpaired) electrons. The van der Waals surface area contributed by atoms with Crippen LogP contribution in [0, 0.1) is 6.92 Å². The number of fused-ring (bicyclic) bond motifs is 1. The summed E-state index contributed by atoms with van der Waals surface area (Å²) in [5.74, 6) is 0.800. The number of thioether (sulfide) groups is 1. The van der Waals surface area contributed by atoms with Crippen molar-refractivity contribution in [3.05, 3.63) is 101 Å². The zero-order chi connectivity index (χ0) is 20.1. The molecule has 0 unspecified atom stereocenters. The van der Waals surface area contributed by atoms with Gasteiger partial charge in [-0.25, -0.2) is 0 Å². The molecule has 0 atom stereocenters. The Kier molecular flexibility index (Phi) is 5.86. The van der Waals surface area contributed by atoms with Crippen molar-refractivity contribution in [2.24, 2.45) is 5.10 Å². The predicted octanol–water partition coefficient (Wildman–Crippen LogP) is 5.54. The Labute approximate surface area is 175 Å². The maximum absolute atomic E-state index is 5.37. The molecule has 4 rings (SSSR count). The van der Waals surface area contributed by atoms with Crippen LogP contribution in [-0.4, -0.2) is 13.3 Å². The van der Waals surface area contributed by atoms with Gasteiger partial charge >= 0.3 is 0 Å². The summed E-state index contributed by atoms with van der Waals surface area (Å²) in [6.07, 6.45) is 3.73. The molecular weight excluding hydrogens is 378 g/mol. The first kappa shape index (κ1) is 19.2. The Balaban J connectivity index is 1.55. The Hall–Kier alpha value is -3.18. The summed E-state index contributed by atoms with van der Waals surface area (Å²) >= 11 is 1.76. The van der Waals surface area contributed by atoms with Gasteiger partial charge < -0.3 is 9.64 Å². The third-order valence-corrected chi connectivity index (χ3v) is 5.77. The second kappa shape index (κ2) is 8.88. The van der Waals surface area contributed by atoms with E-state index in [1.54, 1.807) is 25.1 Å². The summed E-state index contributed by atoms with van der Waals surface area (Å²) in [6, 6.07) is 24.9. The number of nitrogens with one attached hydrogen (secondary N) is 1. The summed E-state index contributed by atoms with van der Waals surface area (Å²) in [6.45, 7) is 2.94. The largest absolute Gasteiger partial charge is 0.496 e. The van der Waals surface area contributed by atoms with Gasteiger partial charge in [-0.05, 0) is 42.3 Å². The fourth-order valence-corrected chi connectivity index (χ4v) is 4.36. The molecule has 3 aromatic rings. The van der Waals surface area contributed by atoms with Crippen molar-refractivity contribution in [1.82, 2.24) is 5.43 Å². The molecule has 0 saturated carbocycles. The van der Waals surface area contributed by atoms with Crippen molar-refractivity contribution in [1.29, 1.82) is 0 Å². The Morgan fingerprint density at radius 3 is 2.66 bits per heavy atom. The van der Waals surface area contributed by atoms with Crippen LogP contribution in [0.25, 0.3) is 0 Å². The minimum absolute atomic E-state index is 0.800. The van der Waals surface area contributed by atoms with E-state index >= 15 is 0 Å². The van der Waals surface area contributed by atoms with Gasteiger partial charge in [0.2, 0.25) is 0 Å². The number of ether oxygens (including phenoxy) is 1. The van der Waals surface area contributed by atoms with Crippen LogP contribution in [0.15, 0.2) is 94.0 Å². The third-order valence-electron chi connectivity index (χ3n) is 4.68. The molecule has 1 aliphatic rings. The topological polar surface area (TPSA) is 36.9 Å². The lowest BCUT2D eigenvalue weighted by atomic mass is 10.2. The molecule has 0 fully saturated rings. The highest BCUT2D eigenvalue weighted by Crippen LogP contribution is 2.46. The Morgan fingerprint density at radius 2 is 1.83 bits per heavy atom. The van der Waals surface area contributed by atoms with Crippen LogP contribution >= 0.6 is 11.8 Å². The molecule has 5 heteroatoms. The zero-order valence-corrected chi connectivity index (χ0v) is 17.3. The predicted molar refractivity (Wildman–Crippen MR) is 121 cm³/mol. The molecule has 3 aromatic carbocycles. The van der Waals surface area contributed by atoms with Crippen molar-refractivity contribution in [2.75, 3.05) is 12.0 Å². The van der Waals surface area contributed by atoms with Crippen LogP contribution < -0.4 is 15.1 Å². The normalized spacial score (nSPS) is 14.4. The fraction of sp³-hybridized carbons (Fsp3) is 0.125. The Bertz CT molecular complexity index is 1050. The number of methoxy groups -OCH3 is 1. The van der Waals surface area contributed by atoms with Crippen LogP contribution in [0.3, 0.4) is 0 Å². The second-order valence-electron chi connectivity index (χ2n) is 6.76. The lowest BCUT2D eigenvalue weighted by molar-refractivity contribution is 0.414. The highest BCUT2D eigenvalue weighted by molar-refractivity contribution is 8.03. The van der Waals surface area contributed by atoms with E-state index in [-0.39, 0.29) is 0 Å². The van der Waals surface area contributed by atoms with Crippen molar-refractivity contribution in [3.8, 4) is 5.75 Å². The van der Waals surface area contributed by atoms with Gasteiger partial charge in [0.1, 0.15) is 5.75 Å². The van der Waals surface area contributed by atoms with Crippen molar-refractivity contribution < 1.29 is 4.74 Å². The first-order valence-electron chi connectivity index (χ1n) is 9.46. The highest BCUT2D eigenvalue weighted by Gasteiger charge is 2.25. The first-order chi connectivity index (χ1) is 14.2. The van der Waals surface area contributed by atoms with E-state index in [1.807, 2.05) is 36.5 Å². The maximum atomic E-state index is 5.37. The molecule has 1 aliphatic heterocycles. The monoisotopic (exact) mass is 401 g/mol. The average Bonchev–Trinajstić information content (AvgIpc) is 3.08. The van der Waals surface area contributed by atoms with E-state index in [0.717, 1.165) is 22.9 Å². The number of hydrazone groups is 1. The molecule has 0 amide bonds. The molecule has 146 valence electrons. The second-order valence-corrected chi connectivity index (χ2v) is 7.82. The standard InChI is InChI=1S/C24H23N3OS/c1-18-12-13-21-23(14-18)29-24(27(21)17-19-8-4-3-5-9-19)16-26-25-15-20-10-6-7-11-22(20)28-2/h3-16,26H,17H2,1-2H3/b24-16-,25-15-. The van der Waals surface area contributed by atoms with Gasteiger partial charge in [0.25, 0.3) is 0 Å². The quantitative estimate of drug-likeness (QED) is 0.435. The third kappa shape index (κ3) is 4.46. The molecule has 0 aliphatic carbocycles. The van der Waals surface area contributed by atoms with Crippen LogP contribution in [0.5, 0.6) is 5.75 Å². The molecule has 29 heavy (non-hydrogen) atoms. The van der Waals surface area contributed by atoms with Gasteiger partial charge in [-0.3, -0.25) is 5.43 Å². The maximum Gasteiger partial charge on any atom is 0.127 e. The molecule has 1 heterocycles. The van der Waals surface area contributed by atoms with E-state index in [2.05, 4.69) is 64.8 Å². The first-order valence-corrected chi connectivity index (χ1v) is 10.3. The summed E-state index contributed by atoms with van der Waals surface area (Å²) in [4.78, 5) is 3.59. The SMILES string of the molecule is COc1ccccc1/C=N\N/C=C1\Sc2cc(C)ccc2N1Cc1ccccc1. The average molecular weight is 402 g/mol. The summed E-state index contributed by atoms with van der Waals surface area (Å²) in [5, 5.41) is 5.48. The van der Waals surface area contributed by atoms with Gasteiger partial charge in [0, 0.05) is 17.0 Å². The van der Waals surface area contributed by atoms with E-state index in [0.29, 0.717) is 0 Å². The van der Waals surface area contributed by atoms with Crippen LogP contribution in [0.4, 0.5) is 5.69 Å². The number of benzene rings is 3. The van der Waals surface area contributed by atoms with Crippen molar-refractivity contribution in [3.63, 3.8) is 0 Å². The summed E-state index contributed by atoms with van der Waals surface area (Å²) < 4.78 is 5.37. The van der Waals surface area contributed by atoms with Gasteiger partial charge in [-0.15, -0.1) is 0 Å². The van der Waals surface area contributed by atoms with E-state index < -0.39 is 0 Å². The molecule has 0 saturated heterocycles. The number of aryl methyl sites for hydroxylation is 1. The number of anilines is 1. The molecule has 4 nitrogen and oxygen atoms in total. The molecule has 0 aromatic heterocycles. The van der Waals surface area contributed by atoms with Crippen LogP contribution in [-0.2, 0) is 6.54 Å². The van der Waals surface area contributed by atoms with Crippen LogP contribution in [0.1, 0.15) is 16.7 Å². The molecular formula is C24H23N3OS. The molecule has 0 spiro atoms. The van der Waals surface area contributed by atoms with Gasteiger partial charge in [0.05, 0.1) is 30.2 Å². The smallest absolute Gasteiger partial charge is 0.127 e. The van der Waals surface area contributed by atoms with E-state index in [4.69, 9.17) is 4.74 Å². The lowest BCUT2D eigenvalue weighted by Gasteiger charge is -2.20. The fourth-order valence-electron chi connectivity index (χ4n) is 3.22. The minimum Gasteiger partial charge on any atom is -0.496 e. The number of rotatable bonds is 6. The summed E-state index contributed by atoms with van der Waals surface area (Å²) in [5.41, 5.74) is 7.77. The number of hydrogen-bond acceptors (Lipinski definition) is 5. The number of hydrogen-bond donors (Lipinski definition) is 1. The number of nitrogens with zero attached hydrogens (tertiary/aromatic N) is 2. The molecule has 1 N–H and O–H groups in total. The van der Waals surface area contributed by atoms with Crippen molar-refractivity contribution in [2.45, 2.75) is 18.4 Å². The van der Waals surface area contributed by atoms with E-state index in [9.17, 15) is 0 Å². The lowest BCUT2D eigenvalue weighted by Crippen LogP contribution is -2.18. The number of para-hydroxylation sites is 1. The van der Waals surface area contributed by atoms with Gasteiger partial charge in [-0.2, -0.15) is 5.10 Å².